The van der Waals surface area contributed by atoms with Crippen LogP contribution >= 0.6 is 22.1 Å². The third-order valence-electron chi connectivity index (χ3n) is 1.72. The van der Waals surface area contributed by atoms with Crippen molar-refractivity contribution < 1.29 is 0 Å². The van der Waals surface area contributed by atoms with Crippen LogP contribution in [-0.4, -0.2) is 12.3 Å². The van der Waals surface area contributed by atoms with Gasteiger partial charge in [0.25, 0.3) is 0 Å². The van der Waals surface area contributed by atoms with Gasteiger partial charge < -0.3 is 0 Å². The molecule has 11 heavy (non-hydrogen) atoms. The Kier molecular flexibility index (Phi) is 9.75. The van der Waals surface area contributed by atoms with Crippen molar-refractivity contribution >= 4 is 22.1 Å². The smallest absolute Gasteiger partial charge is 0.0227 e. The fraction of sp³-hybridized carbons (Fsp3) is 1.00. The highest BCUT2D eigenvalue weighted by Crippen LogP contribution is 2.45. The molecule has 0 saturated carbocycles. The zero-order valence-electron chi connectivity index (χ0n) is 7.77. The quantitative estimate of drug-likeness (QED) is 0.443. The van der Waals surface area contributed by atoms with Gasteiger partial charge in [-0.1, -0.05) is 55.0 Å². The zero-order chi connectivity index (χ0) is 8.53. The van der Waals surface area contributed by atoms with E-state index in [0.717, 1.165) is 0 Å². The number of unbranched alkanes of at least 4 members (excludes halogenated alkanes) is 3. The Morgan fingerprint density at radius 3 is 2.18 bits per heavy atom. The lowest BCUT2D eigenvalue weighted by molar-refractivity contribution is 0.705. The predicted molar refractivity (Wildman–Crippen MR) is 60.0 cm³/mol. The first-order valence-electron chi connectivity index (χ1n) is 4.72. The van der Waals surface area contributed by atoms with Crippen molar-refractivity contribution in [3.8, 4) is 0 Å². The van der Waals surface area contributed by atoms with Crippen molar-refractivity contribution in [1.29, 1.82) is 0 Å². The lowest BCUT2D eigenvalue weighted by Crippen LogP contribution is -1.84. The molecule has 0 aromatic rings. The van der Waals surface area contributed by atoms with Gasteiger partial charge in [0.05, 0.1) is 0 Å². The molecule has 0 bridgehead atoms. The van der Waals surface area contributed by atoms with Gasteiger partial charge in [0.2, 0.25) is 0 Å². The van der Waals surface area contributed by atoms with Crippen molar-refractivity contribution in [3.05, 3.63) is 0 Å². The van der Waals surface area contributed by atoms with E-state index in [2.05, 4.69) is 29.3 Å². The molecular weight excluding hydrogens is 219 g/mol. The molecule has 0 N–H and O–H groups in total. The summed E-state index contributed by atoms with van der Waals surface area (Å²) in [6.07, 6.45) is 9.82. The molecule has 0 heterocycles. The number of halogens is 1. The Morgan fingerprint density at radius 1 is 0.909 bits per heavy atom. The van der Waals surface area contributed by atoms with Crippen LogP contribution < -0.4 is 0 Å². The van der Waals surface area contributed by atoms with Gasteiger partial charge in [-0.15, -0.1) is 0 Å². The van der Waals surface area contributed by atoms with E-state index in [1.54, 1.807) is 0 Å². The van der Waals surface area contributed by atoms with Crippen LogP contribution in [0.5, 0.6) is 0 Å². The first-order valence-corrected chi connectivity index (χ1v) is 8.45. The van der Waals surface area contributed by atoms with Gasteiger partial charge in [-0.2, -0.15) is 0 Å². The predicted octanol–water partition coefficient (Wildman–Crippen LogP) is 4.77. The second-order valence-corrected chi connectivity index (χ2v) is 7.80. The number of hydrogen-bond acceptors (Lipinski definition) is 0. The van der Waals surface area contributed by atoms with Gasteiger partial charge in [0.1, 0.15) is 0 Å². The fourth-order valence-corrected chi connectivity index (χ4v) is 4.16. The monoisotopic (exact) mass is 238 g/mol. The maximum absolute atomic E-state index is 3.75. The van der Waals surface area contributed by atoms with Crippen molar-refractivity contribution in [2.75, 3.05) is 12.3 Å². The molecule has 2 heteroatoms. The largest absolute Gasteiger partial charge is 0.0654 e. The van der Waals surface area contributed by atoms with Gasteiger partial charge in [0, 0.05) is 0 Å². The molecule has 0 rings (SSSR count). The highest BCUT2D eigenvalue weighted by atomic mass is 79.9. The fourth-order valence-electron chi connectivity index (χ4n) is 1.06. The topological polar surface area (TPSA) is 0 Å². The number of hydrogen-bond donors (Lipinski definition) is 0. The SMILES string of the molecule is CCCCCCP(Br)CCC. The molecule has 0 aromatic heterocycles. The summed E-state index contributed by atoms with van der Waals surface area (Å²) < 4.78 is 0. The first-order chi connectivity index (χ1) is 5.31. The minimum atomic E-state index is 0.215. The maximum Gasteiger partial charge on any atom is -0.0227 e. The van der Waals surface area contributed by atoms with Crippen LogP contribution in [0.4, 0.5) is 0 Å². The Bertz CT molecular complexity index is 76.0. The third kappa shape index (κ3) is 8.82. The second-order valence-electron chi connectivity index (χ2n) is 2.97. The minimum absolute atomic E-state index is 0.215. The van der Waals surface area contributed by atoms with Crippen molar-refractivity contribution in [2.24, 2.45) is 0 Å². The van der Waals surface area contributed by atoms with E-state index in [1.807, 2.05) is 0 Å². The van der Waals surface area contributed by atoms with Crippen LogP contribution in [0.2, 0.25) is 0 Å². The summed E-state index contributed by atoms with van der Waals surface area (Å²) in [6, 6.07) is 0. The summed E-state index contributed by atoms with van der Waals surface area (Å²) in [5, 5.41) is 0. The van der Waals surface area contributed by atoms with Crippen LogP contribution in [0.3, 0.4) is 0 Å². The van der Waals surface area contributed by atoms with Gasteiger partial charge in [-0.3, -0.25) is 0 Å². The van der Waals surface area contributed by atoms with E-state index in [0.29, 0.717) is 0 Å². The highest BCUT2D eigenvalue weighted by molar-refractivity contribution is 9.39. The number of rotatable bonds is 7. The Hall–Kier alpha value is 0.910. The van der Waals surface area contributed by atoms with Gasteiger partial charge >= 0.3 is 0 Å². The molecule has 68 valence electrons. The minimum Gasteiger partial charge on any atom is -0.0654 e. The van der Waals surface area contributed by atoms with Crippen LogP contribution in [0.15, 0.2) is 0 Å². The Balaban J connectivity index is 2.97. The van der Waals surface area contributed by atoms with E-state index in [9.17, 15) is 0 Å². The summed E-state index contributed by atoms with van der Waals surface area (Å²) in [5.74, 6) is 0. The van der Waals surface area contributed by atoms with E-state index in [-0.39, 0.29) is 6.62 Å². The molecule has 0 spiro atoms. The van der Waals surface area contributed by atoms with Crippen LogP contribution in [0.1, 0.15) is 46.0 Å². The van der Waals surface area contributed by atoms with E-state index >= 15 is 0 Å². The zero-order valence-corrected chi connectivity index (χ0v) is 10.3. The van der Waals surface area contributed by atoms with Crippen LogP contribution in [0, 0.1) is 0 Å². The summed E-state index contributed by atoms with van der Waals surface area (Å²) in [6.45, 7) is 4.75. The molecule has 0 aliphatic rings. The Labute approximate surface area is 80.6 Å². The molecule has 0 amide bonds. The lowest BCUT2D eigenvalue weighted by atomic mass is 10.2. The molecule has 0 aliphatic carbocycles. The molecule has 0 aliphatic heterocycles. The molecule has 0 nitrogen and oxygen atoms in total. The summed E-state index contributed by atoms with van der Waals surface area (Å²) in [5.41, 5.74) is 0. The average molecular weight is 239 g/mol. The molecular formula is C9H20BrP. The first kappa shape index (κ1) is 11.9. The molecule has 1 atom stereocenters. The van der Waals surface area contributed by atoms with Crippen molar-refractivity contribution in [3.63, 3.8) is 0 Å². The average Bonchev–Trinajstić information content (AvgIpc) is 1.99. The standard InChI is InChI=1S/C9H20BrP/c1-3-5-6-7-9-11(10)8-4-2/h3-9H2,1-2H3. The Morgan fingerprint density at radius 2 is 1.64 bits per heavy atom. The molecule has 0 fully saturated rings. The van der Waals surface area contributed by atoms with Crippen molar-refractivity contribution in [2.45, 2.75) is 46.0 Å². The molecule has 0 aromatic carbocycles. The third-order valence-corrected chi connectivity index (χ3v) is 5.58. The maximum atomic E-state index is 3.75. The molecule has 1 unspecified atom stereocenters. The lowest BCUT2D eigenvalue weighted by Gasteiger charge is -2.07. The van der Waals surface area contributed by atoms with Crippen LogP contribution in [0.25, 0.3) is 0 Å². The van der Waals surface area contributed by atoms with Gasteiger partial charge in [-0.05, 0) is 25.4 Å². The summed E-state index contributed by atoms with van der Waals surface area (Å²) in [7, 11) is 0. The van der Waals surface area contributed by atoms with Crippen LogP contribution in [-0.2, 0) is 0 Å². The van der Waals surface area contributed by atoms with E-state index in [1.165, 1.54) is 44.4 Å². The van der Waals surface area contributed by atoms with E-state index < -0.39 is 0 Å². The second kappa shape index (κ2) is 9.00. The van der Waals surface area contributed by atoms with E-state index in [4.69, 9.17) is 0 Å². The normalized spacial score (nSPS) is 13.4. The summed E-state index contributed by atoms with van der Waals surface area (Å²) in [4.78, 5) is 0. The molecule has 0 radical (unpaired) electrons. The van der Waals surface area contributed by atoms with Crippen molar-refractivity contribution in [1.82, 2.24) is 0 Å². The van der Waals surface area contributed by atoms with Gasteiger partial charge in [0.15, 0.2) is 0 Å². The highest BCUT2D eigenvalue weighted by Gasteiger charge is 2.00. The molecule has 0 saturated heterocycles. The summed E-state index contributed by atoms with van der Waals surface area (Å²) >= 11 is 3.75. The van der Waals surface area contributed by atoms with Gasteiger partial charge in [-0.25, -0.2) is 0 Å².